The van der Waals surface area contributed by atoms with Gasteiger partial charge in [0.2, 0.25) is 0 Å². The van der Waals surface area contributed by atoms with Crippen LogP contribution in [0.3, 0.4) is 0 Å². The number of rotatable bonds is 9. The third-order valence-corrected chi connectivity index (χ3v) is 5.65. The first-order valence-corrected chi connectivity index (χ1v) is 12.6. The smallest absolute Gasteiger partial charge is 0.407 e. The van der Waals surface area contributed by atoms with Gasteiger partial charge in [0, 0.05) is 29.9 Å². The van der Waals surface area contributed by atoms with Crippen LogP contribution < -0.4 is 16.6 Å². The standard InChI is InChI=1S/C29H33N3O7/c1-20-18-31(28(37)32(25(20)34)26(35)22-13-9-6-10-14-22)16-15-23(30-27(36)39-29(2,3)4)17-24(33)38-19-21-11-7-5-8-12-21/h5-14,18,23H,15-17,19H2,1-4H3,(H,30,36)/t23-/m1/s1. The average Bonchev–Trinajstić information content (AvgIpc) is 2.88. The summed E-state index contributed by atoms with van der Waals surface area (Å²) in [7, 11) is 0. The summed E-state index contributed by atoms with van der Waals surface area (Å²) in [6, 6.07) is 16.4. The molecule has 1 aromatic heterocycles. The molecule has 0 spiro atoms. The monoisotopic (exact) mass is 535 g/mol. The molecule has 1 heterocycles. The van der Waals surface area contributed by atoms with E-state index in [-0.39, 0.29) is 37.1 Å². The van der Waals surface area contributed by atoms with Crippen LogP contribution in [0.25, 0.3) is 0 Å². The normalized spacial score (nSPS) is 11.9. The molecule has 0 fully saturated rings. The van der Waals surface area contributed by atoms with Gasteiger partial charge in [0.05, 0.1) is 6.42 Å². The summed E-state index contributed by atoms with van der Waals surface area (Å²) in [6.07, 6.45) is 0.577. The molecule has 0 aliphatic rings. The second kappa shape index (κ2) is 12.9. The molecule has 39 heavy (non-hydrogen) atoms. The van der Waals surface area contributed by atoms with Gasteiger partial charge in [-0.15, -0.1) is 0 Å². The zero-order valence-corrected chi connectivity index (χ0v) is 22.5. The van der Waals surface area contributed by atoms with E-state index in [0.29, 0.717) is 4.57 Å². The molecule has 0 bridgehead atoms. The molecule has 2 aromatic carbocycles. The van der Waals surface area contributed by atoms with Gasteiger partial charge >= 0.3 is 17.8 Å². The van der Waals surface area contributed by atoms with E-state index in [1.807, 2.05) is 30.3 Å². The SMILES string of the molecule is Cc1cn(CC[C@H](CC(=O)OCc2ccccc2)NC(=O)OC(C)(C)C)c(=O)n(C(=O)c2ccccc2)c1=O. The zero-order valence-electron chi connectivity index (χ0n) is 22.5. The first-order valence-electron chi connectivity index (χ1n) is 12.6. The number of esters is 1. The van der Waals surface area contributed by atoms with Crippen molar-refractivity contribution in [3.8, 4) is 0 Å². The van der Waals surface area contributed by atoms with E-state index < -0.39 is 40.9 Å². The van der Waals surface area contributed by atoms with Crippen molar-refractivity contribution in [2.45, 2.75) is 65.3 Å². The molecule has 0 aliphatic carbocycles. The minimum atomic E-state index is -0.817. The molecule has 1 amide bonds. The summed E-state index contributed by atoms with van der Waals surface area (Å²) >= 11 is 0. The van der Waals surface area contributed by atoms with E-state index in [0.717, 1.165) is 5.56 Å². The van der Waals surface area contributed by atoms with Gasteiger partial charge in [-0.3, -0.25) is 19.0 Å². The van der Waals surface area contributed by atoms with Gasteiger partial charge in [-0.1, -0.05) is 48.5 Å². The van der Waals surface area contributed by atoms with Gasteiger partial charge < -0.3 is 14.8 Å². The lowest BCUT2D eigenvalue weighted by Gasteiger charge is -2.23. The second-order valence-electron chi connectivity index (χ2n) is 10.1. The Labute approximate surface area is 226 Å². The van der Waals surface area contributed by atoms with Crippen molar-refractivity contribution in [2.24, 2.45) is 0 Å². The summed E-state index contributed by atoms with van der Waals surface area (Å²) in [5.41, 5.74) is -1.09. The average molecular weight is 536 g/mol. The van der Waals surface area contributed by atoms with Crippen molar-refractivity contribution < 1.29 is 23.9 Å². The van der Waals surface area contributed by atoms with Crippen LogP contribution in [0.4, 0.5) is 4.79 Å². The Kier molecular flexibility index (Phi) is 9.59. The summed E-state index contributed by atoms with van der Waals surface area (Å²) in [5, 5.41) is 2.67. The lowest BCUT2D eigenvalue weighted by molar-refractivity contribution is -0.145. The van der Waals surface area contributed by atoms with Gasteiger partial charge in [0.15, 0.2) is 0 Å². The molecule has 206 valence electrons. The molecule has 10 nitrogen and oxygen atoms in total. The van der Waals surface area contributed by atoms with Crippen LogP contribution in [0, 0.1) is 6.92 Å². The van der Waals surface area contributed by atoms with Gasteiger partial charge in [-0.2, -0.15) is 4.57 Å². The van der Waals surface area contributed by atoms with Crippen LogP contribution in [0.2, 0.25) is 0 Å². The lowest BCUT2D eigenvalue weighted by atomic mass is 10.1. The fraction of sp³-hybridized carbons (Fsp3) is 0.345. The Morgan fingerprint density at radius 2 is 1.56 bits per heavy atom. The Bertz CT molecular complexity index is 1420. The molecule has 0 radical (unpaired) electrons. The third-order valence-electron chi connectivity index (χ3n) is 5.65. The fourth-order valence-corrected chi connectivity index (χ4v) is 3.78. The van der Waals surface area contributed by atoms with E-state index in [9.17, 15) is 24.0 Å². The van der Waals surface area contributed by atoms with Crippen molar-refractivity contribution in [1.82, 2.24) is 14.5 Å². The highest BCUT2D eigenvalue weighted by Gasteiger charge is 2.23. The summed E-state index contributed by atoms with van der Waals surface area (Å²) < 4.78 is 12.5. The molecule has 10 heteroatoms. The number of aryl methyl sites for hydroxylation is 2. The molecule has 0 saturated carbocycles. The van der Waals surface area contributed by atoms with Crippen LogP contribution in [-0.4, -0.2) is 38.7 Å². The molecule has 0 unspecified atom stereocenters. The van der Waals surface area contributed by atoms with Crippen molar-refractivity contribution in [1.29, 1.82) is 0 Å². The number of nitrogens with zero attached hydrogens (tertiary/aromatic N) is 2. The van der Waals surface area contributed by atoms with Crippen molar-refractivity contribution in [3.63, 3.8) is 0 Å². The zero-order chi connectivity index (χ0) is 28.6. The third kappa shape index (κ3) is 8.53. The first-order chi connectivity index (χ1) is 18.4. The number of hydrogen-bond donors (Lipinski definition) is 1. The van der Waals surface area contributed by atoms with Crippen molar-refractivity contribution in [2.75, 3.05) is 0 Å². The fourth-order valence-electron chi connectivity index (χ4n) is 3.78. The van der Waals surface area contributed by atoms with E-state index in [2.05, 4.69) is 5.32 Å². The molecular formula is C29H33N3O7. The topological polar surface area (TPSA) is 126 Å². The number of alkyl carbamates (subject to hydrolysis) is 1. The summed E-state index contributed by atoms with van der Waals surface area (Å²) in [6.45, 7) is 6.73. The number of carbonyl (C=O) groups excluding carboxylic acids is 3. The van der Waals surface area contributed by atoms with Crippen LogP contribution >= 0.6 is 0 Å². The number of amides is 1. The predicted molar refractivity (Wildman–Crippen MR) is 144 cm³/mol. The Balaban J connectivity index is 1.79. The van der Waals surface area contributed by atoms with E-state index in [4.69, 9.17) is 9.47 Å². The highest BCUT2D eigenvalue weighted by Crippen LogP contribution is 2.10. The minimum Gasteiger partial charge on any atom is -0.461 e. The molecule has 0 saturated heterocycles. The highest BCUT2D eigenvalue weighted by molar-refractivity contribution is 5.95. The molecule has 0 aliphatic heterocycles. The van der Waals surface area contributed by atoms with E-state index in [1.165, 1.54) is 29.8 Å². The molecule has 1 atom stereocenters. The highest BCUT2D eigenvalue weighted by atomic mass is 16.6. The number of ether oxygens (including phenoxy) is 2. The maximum Gasteiger partial charge on any atom is 0.407 e. The van der Waals surface area contributed by atoms with Gasteiger partial charge in [0.1, 0.15) is 12.2 Å². The number of benzene rings is 2. The second-order valence-corrected chi connectivity index (χ2v) is 10.1. The van der Waals surface area contributed by atoms with Crippen LogP contribution in [0.1, 0.15) is 55.1 Å². The first kappa shape index (κ1) is 29.1. The number of hydrogen-bond acceptors (Lipinski definition) is 7. The van der Waals surface area contributed by atoms with Crippen LogP contribution in [0.15, 0.2) is 76.4 Å². The van der Waals surface area contributed by atoms with Crippen LogP contribution in [-0.2, 0) is 27.4 Å². The predicted octanol–water partition coefficient (Wildman–Crippen LogP) is 3.42. The molecule has 3 aromatic rings. The van der Waals surface area contributed by atoms with Gasteiger partial charge in [-0.05, 0) is 51.8 Å². The van der Waals surface area contributed by atoms with Gasteiger partial charge in [-0.25, -0.2) is 9.59 Å². The Hall–Kier alpha value is -4.47. The molecule has 1 N–H and O–H groups in total. The van der Waals surface area contributed by atoms with Crippen molar-refractivity contribution >= 4 is 18.0 Å². The minimum absolute atomic E-state index is 0.00839. The number of aromatic nitrogens is 2. The van der Waals surface area contributed by atoms with E-state index in [1.54, 1.807) is 39.0 Å². The number of nitrogens with one attached hydrogen (secondary N) is 1. The quantitative estimate of drug-likeness (QED) is 0.416. The molecule has 3 rings (SSSR count). The van der Waals surface area contributed by atoms with E-state index >= 15 is 0 Å². The Morgan fingerprint density at radius 1 is 0.949 bits per heavy atom. The van der Waals surface area contributed by atoms with Gasteiger partial charge in [0.25, 0.3) is 11.5 Å². The van der Waals surface area contributed by atoms with Crippen molar-refractivity contribution in [3.05, 3.63) is 104 Å². The molecular weight excluding hydrogens is 502 g/mol. The largest absolute Gasteiger partial charge is 0.461 e. The summed E-state index contributed by atoms with van der Waals surface area (Å²) in [4.78, 5) is 63.9. The maximum atomic E-state index is 13.2. The lowest BCUT2D eigenvalue weighted by Crippen LogP contribution is -2.45. The Morgan fingerprint density at radius 3 is 2.18 bits per heavy atom. The number of carbonyl (C=O) groups is 3. The van der Waals surface area contributed by atoms with Crippen LogP contribution in [0.5, 0.6) is 0 Å². The summed E-state index contributed by atoms with van der Waals surface area (Å²) in [5.74, 6) is -1.29. The maximum absolute atomic E-state index is 13.2.